The number of nitrogens with zero attached hydrogens (tertiary/aromatic N) is 1. The average molecular weight is 212 g/mol. The minimum Gasteiger partial charge on any atom is -0.368 e. The van der Waals surface area contributed by atoms with Crippen LogP contribution < -0.4 is 5.32 Å². The first kappa shape index (κ1) is 10.9. The van der Waals surface area contributed by atoms with E-state index < -0.39 is 0 Å². The van der Waals surface area contributed by atoms with Crippen LogP contribution in [0.2, 0.25) is 0 Å². The largest absolute Gasteiger partial charge is 0.368 e. The van der Waals surface area contributed by atoms with Gasteiger partial charge in [0, 0.05) is 32.3 Å². The zero-order chi connectivity index (χ0) is 10.8. The normalized spacial score (nSPS) is 36.9. The highest BCUT2D eigenvalue weighted by molar-refractivity contribution is 5.81. The third-order valence-electron chi connectivity index (χ3n) is 3.31. The maximum atomic E-state index is 12.1. The molecule has 15 heavy (non-hydrogen) atoms. The highest BCUT2D eigenvalue weighted by Gasteiger charge is 2.35. The van der Waals surface area contributed by atoms with Gasteiger partial charge in [0.05, 0.1) is 0 Å². The Hall–Kier alpha value is -0.610. The Morgan fingerprint density at radius 1 is 1.47 bits per heavy atom. The highest BCUT2D eigenvalue weighted by atomic mass is 16.5. The van der Waals surface area contributed by atoms with E-state index in [2.05, 4.69) is 19.2 Å². The van der Waals surface area contributed by atoms with Gasteiger partial charge in [-0.1, -0.05) is 6.92 Å². The SMILES string of the molecule is CC1CN(C(=O)C2OCCC2C)CCN1. The fourth-order valence-corrected chi connectivity index (χ4v) is 2.32. The number of nitrogens with one attached hydrogen (secondary N) is 1. The summed E-state index contributed by atoms with van der Waals surface area (Å²) in [4.78, 5) is 14.1. The third kappa shape index (κ3) is 2.32. The molecule has 4 heteroatoms. The molecule has 0 bridgehead atoms. The zero-order valence-electron chi connectivity index (χ0n) is 9.53. The van der Waals surface area contributed by atoms with Gasteiger partial charge in [0.15, 0.2) is 0 Å². The summed E-state index contributed by atoms with van der Waals surface area (Å²) in [7, 11) is 0. The maximum absolute atomic E-state index is 12.1. The van der Waals surface area contributed by atoms with E-state index in [9.17, 15) is 4.79 Å². The molecule has 0 aromatic carbocycles. The van der Waals surface area contributed by atoms with Gasteiger partial charge < -0.3 is 15.0 Å². The molecule has 1 amide bonds. The number of carbonyl (C=O) groups is 1. The summed E-state index contributed by atoms with van der Waals surface area (Å²) in [6.07, 6.45) is 0.827. The molecule has 2 heterocycles. The number of carbonyl (C=O) groups excluding carboxylic acids is 1. The molecule has 3 unspecified atom stereocenters. The fourth-order valence-electron chi connectivity index (χ4n) is 2.32. The van der Waals surface area contributed by atoms with Gasteiger partial charge in [0.1, 0.15) is 6.10 Å². The van der Waals surface area contributed by atoms with E-state index in [1.54, 1.807) is 0 Å². The molecular formula is C11H20N2O2. The van der Waals surface area contributed by atoms with E-state index in [0.29, 0.717) is 12.0 Å². The molecule has 4 nitrogen and oxygen atoms in total. The Balaban J connectivity index is 1.94. The molecule has 2 saturated heterocycles. The minimum absolute atomic E-state index is 0.185. The van der Waals surface area contributed by atoms with Gasteiger partial charge in [0.2, 0.25) is 0 Å². The van der Waals surface area contributed by atoms with Crippen LogP contribution in [0.1, 0.15) is 20.3 Å². The van der Waals surface area contributed by atoms with E-state index in [1.807, 2.05) is 4.90 Å². The lowest BCUT2D eigenvalue weighted by Crippen LogP contribution is -2.54. The number of amides is 1. The van der Waals surface area contributed by atoms with Crippen molar-refractivity contribution in [3.05, 3.63) is 0 Å². The monoisotopic (exact) mass is 212 g/mol. The van der Waals surface area contributed by atoms with E-state index in [1.165, 1.54) is 0 Å². The summed E-state index contributed by atoms with van der Waals surface area (Å²) < 4.78 is 5.50. The highest BCUT2D eigenvalue weighted by Crippen LogP contribution is 2.22. The minimum atomic E-state index is -0.185. The molecule has 2 fully saturated rings. The van der Waals surface area contributed by atoms with E-state index in [4.69, 9.17) is 4.74 Å². The molecule has 0 saturated carbocycles. The van der Waals surface area contributed by atoms with Crippen molar-refractivity contribution in [2.24, 2.45) is 5.92 Å². The average Bonchev–Trinajstić information content (AvgIpc) is 2.63. The van der Waals surface area contributed by atoms with Gasteiger partial charge in [-0.25, -0.2) is 0 Å². The molecular weight excluding hydrogens is 192 g/mol. The predicted molar refractivity (Wildman–Crippen MR) is 57.6 cm³/mol. The molecule has 2 rings (SSSR count). The van der Waals surface area contributed by atoms with Gasteiger partial charge in [0.25, 0.3) is 5.91 Å². The smallest absolute Gasteiger partial charge is 0.252 e. The lowest BCUT2D eigenvalue weighted by molar-refractivity contribution is -0.143. The van der Waals surface area contributed by atoms with Crippen LogP contribution in [0.4, 0.5) is 0 Å². The summed E-state index contributed by atoms with van der Waals surface area (Å²) in [6, 6.07) is 0.402. The van der Waals surface area contributed by atoms with Crippen molar-refractivity contribution in [1.29, 1.82) is 0 Å². The Morgan fingerprint density at radius 2 is 2.27 bits per heavy atom. The molecule has 86 valence electrons. The molecule has 0 aromatic rings. The topological polar surface area (TPSA) is 41.6 Å². The van der Waals surface area contributed by atoms with Crippen LogP contribution in [0.3, 0.4) is 0 Å². The molecule has 2 aliphatic heterocycles. The Morgan fingerprint density at radius 3 is 2.87 bits per heavy atom. The first-order chi connectivity index (χ1) is 7.18. The number of ether oxygens (including phenoxy) is 1. The molecule has 0 aliphatic carbocycles. The van der Waals surface area contributed by atoms with Crippen LogP contribution in [0.15, 0.2) is 0 Å². The van der Waals surface area contributed by atoms with Gasteiger partial charge in [-0.2, -0.15) is 0 Å². The van der Waals surface area contributed by atoms with Crippen LogP contribution >= 0.6 is 0 Å². The quantitative estimate of drug-likeness (QED) is 0.676. The van der Waals surface area contributed by atoms with E-state index >= 15 is 0 Å². The summed E-state index contributed by atoms with van der Waals surface area (Å²) in [6.45, 7) is 7.47. The maximum Gasteiger partial charge on any atom is 0.252 e. The number of hydrogen-bond acceptors (Lipinski definition) is 3. The van der Waals surface area contributed by atoms with Crippen molar-refractivity contribution in [2.75, 3.05) is 26.2 Å². The van der Waals surface area contributed by atoms with Crippen molar-refractivity contribution < 1.29 is 9.53 Å². The molecule has 2 aliphatic rings. The molecule has 0 spiro atoms. The lowest BCUT2D eigenvalue weighted by Gasteiger charge is -2.34. The first-order valence-electron chi connectivity index (χ1n) is 5.82. The fraction of sp³-hybridized carbons (Fsp3) is 0.909. The van der Waals surface area contributed by atoms with Gasteiger partial charge >= 0.3 is 0 Å². The van der Waals surface area contributed by atoms with Gasteiger partial charge in [-0.05, 0) is 19.3 Å². The second kappa shape index (κ2) is 4.49. The summed E-state index contributed by atoms with van der Waals surface area (Å²) in [5.41, 5.74) is 0. The summed E-state index contributed by atoms with van der Waals surface area (Å²) >= 11 is 0. The van der Waals surface area contributed by atoms with Crippen LogP contribution in [-0.2, 0) is 9.53 Å². The summed E-state index contributed by atoms with van der Waals surface area (Å²) in [5.74, 6) is 0.566. The Bertz CT molecular complexity index is 245. The van der Waals surface area contributed by atoms with Crippen molar-refractivity contribution in [1.82, 2.24) is 10.2 Å². The van der Waals surface area contributed by atoms with Crippen molar-refractivity contribution in [3.8, 4) is 0 Å². The lowest BCUT2D eigenvalue weighted by atomic mass is 10.0. The molecule has 3 atom stereocenters. The van der Waals surface area contributed by atoms with Crippen LogP contribution in [-0.4, -0.2) is 49.2 Å². The molecule has 0 radical (unpaired) electrons. The van der Waals surface area contributed by atoms with Crippen molar-refractivity contribution >= 4 is 5.91 Å². The van der Waals surface area contributed by atoms with Crippen molar-refractivity contribution in [2.45, 2.75) is 32.4 Å². The van der Waals surface area contributed by atoms with Gasteiger partial charge in [-0.15, -0.1) is 0 Å². The second-order valence-corrected chi connectivity index (χ2v) is 4.70. The second-order valence-electron chi connectivity index (χ2n) is 4.70. The Kier molecular flexibility index (Phi) is 3.26. The first-order valence-corrected chi connectivity index (χ1v) is 5.82. The number of hydrogen-bond donors (Lipinski definition) is 1. The number of rotatable bonds is 1. The van der Waals surface area contributed by atoms with Crippen LogP contribution in [0.5, 0.6) is 0 Å². The van der Waals surface area contributed by atoms with Crippen molar-refractivity contribution in [3.63, 3.8) is 0 Å². The molecule has 1 N–H and O–H groups in total. The zero-order valence-corrected chi connectivity index (χ0v) is 9.53. The van der Waals surface area contributed by atoms with E-state index in [0.717, 1.165) is 32.7 Å². The third-order valence-corrected chi connectivity index (χ3v) is 3.31. The Labute approximate surface area is 91.0 Å². The predicted octanol–water partition coefficient (Wildman–Crippen LogP) is 0.232. The van der Waals surface area contributed by atoms with Crippen LogP contribution in [0.25, 0.3) is 0 Å². The summed E-state index contributed by atoms with van der Waals surface area (Å²) in [5, 5.41) is 3.33. The van der Waals surface area contributed by atoms with Gasteiger partial charge in [-0.3, -0.25) is 4.79 Å². The molecule has 0 aromatic heterocycles. The van der Waals surface area contributed by atoms with E-state index in [-0.39, 0.29) is 12.0 Å². The number of piperazine rings is 1. The van der Waals surface area contributed by atoms with Crippen LogP contribution in [0, 0.1) is 5.92 Å². The standard InChI is InChI=1S/C11H20N2O2/c1-8-3-6-15-10(8)11(14)13-5-4-12-9(2)7-13/h8-10,12H,3-7H2,1-2H3.